The lowest BCUT2D eigenvalue weighted by Gasteiger charge is -2.30. The Balaban J connectivity index is 1.53. The van der Waals surface area contributed by atoms with Crippen LogP contribution in [0.15, 0.2) is 41.1 Å². The van der Waals surface area contributed by atoms with Gasteiger partial charge >= 0.3 is 6.09 Å². The second-order valence-electron chi connectivity index (χ2n) is 10.4. The maximum Gasteiger partial charge on any atom is 0.410 e. The molecule has 0 bridgehead atoms. The van der Waals surface area contributed by atoms with Crippen molar-refractivity contribution in [1.29, 1.82) is 0 Å². The predicted octanol–water partition coefficient (Wildman–Crippen LogP) is 5.88. The SMILES string of the molecule is CCNSc1sc(Nc2nc(C3=CCCN(C(=O)OC(C)(C)C)C3)cn3c(-c4cnn(C)c4)cnc23)cc1C. The Morgan fingerprint density at radius 2 is 2.08 bits per heavy atom. The fourth-order valence-electron chi connectivity index (χ4n) is 4.29. The molecule has 0 aliphatic carbocycles. The van der Waals surface area contributed by atoms with Crippen LogP contribution in [-0.4, -0.2) is 60.4 Å². The molecule has 4 aromatic heterocycles. The van der Waals surface area contributed by atoms with Gasteiger partial charge in [0.25, 0.3) is 0 Å². The zero-order chi connectivity index (χ0) is 27.7. The van der Waals surface area contributed by atoms with E-state index in [1.807, 2.05) is 57.0 Å². The molecule has 0 spiro atoms. The van der Waals surface area contributed by atoms with Crippen molar-refractivity contribution in [2.45, 2.75) is 50.8 Å². The largest absolute Gasteiger partial charge is 0.444 e. The Labute approximate surface area is 236 Å². The molecule has 5 heterocycles. The standard InChI is InChI=1S/C27H34N8O2S2/c1-7-30-39-25-17(2)11-22(38-25)32-23-24-28-13-21(19-12-29-33(6)14-19)35(24)16-20(31-23)18-9-8-10-34(15-18)26(36)37-27(3,4)5/h9,11-14,16,30H,7-8,10,15H2,1-6H3,(H,31,32). The van der Waals surface area contributed by atoms with Crippen molar-refractivity contribution < 1.29 is 9.53 Å². The lowest BCUT2D eigenvalue weighted by molar-refractivity contribution is 0.0273. The molecule has 1 aliphatic heterocycles. The number of hydrogen-bond acceptors (Lipinski definition) is 9. The van der Waals surface area contributed by atoms with Gasteiger partial charge in [-0.2, -0.15) is 5.10 Å². The molecule has 12 heteroatoms. The number of ether oxygens (including phenoxy) is 1. The van der Waals surface area contributed by atoms with Crippen LogP contribution >= 0.6 is 23.3 Å². The van der Waals surface area contributed by atoms with E-state index in [4.69, 9.17) is 14.7 Å². The van der Waals surface area contributed by atoms with Crippen molar-refractivity contribution in [2.75, 3.05) is 25.0 Å². The third-order valence-electron chi connectivity index (χ3n) is 6.05. The molecule has 4 aromatic rings. The van der Waals surface area contributed by atoms with Crippen LogP contribution in [0.4, 0.5) is 15.6 Å². The van der Waals surface area contributed by atoms with Crippen molar-refractivity contribution in [1.82, 2.24) is 33.8 Å². The van der Waals surface area contributed by atoms with Crippen LogP contribution in [0.3, 0.4) is 0 Å². The Bertz CT molecular complexity index is 1530. The van der Waals surface area contributed by atoms with Crippen molar-refractivity contribution in [2.24, 2.45) is 7.05 Å². The Kier molecular flexibility index (Phi) is 7.70. The number of imidazole rings is 1. The summed E-state index contributed by atoms with van der Waals surface area (Å²) in [6, 6.07) is 2.13. The Morgan fingerprint density at radius 1 is 1.26 bits per heavy atom. The average molecular weight is 567 g/mol. The molecule has 10 nitrogen and oxygen atoms in total. The fourth-order valence-corrected chi connectivity index (χ4v) is 6.20. The second kappa shape index (κ2) is 11.0. The summed E-state index contributed by atoms with van der Waals surface area (Å²) in [5, 5.41) is 8.86. The van der Waals surface area contributed by atoms with E-state index in [9.17, 15) is 4.79 Å². The summed E-state index contributed by atoms with van der Waals surface area (Å²) in [6.07, 6.45) is 10.2. The number of aromatic nitrogens is 5. The highest BCUT2D eigenvalue weighted by atomic mass is 32.2. The van der Waals surface area contributed by atoms with Gasteiger partial charge in [0, 0.05) is 38.1 Å². The number of anilines is 2. The van der Waals surface area contributed by atoms with Crippen LogP contribution in [0.25, 0.3) is 22.5 Å². The number of rotatable bonds is 7. The van der Waals surface area contributed by atoms with Crippen molar-refractivity contribution in [3.8, 4) is 11.3 Å². The number of nitrogens with one attached hydrogen (secondary N) is 2. The lowest BCUT2D eigenvalue weighted by Crippen LogP contribution is -2.39. The number of fused-ring (bicyclic) bond motifs is 1. The number of thiophene rings is 1. The monoisotopic (exact) mass is 566 g/mol. The summed E-state index contributed by atoms with van der Waals surface area (Å²) in [5.74, 6) is 0.652. The average Bonchev–Trinajstić information content (AvgIpc) is 3.60. The molecule has 0 saturated carbocycles. The number of aryl methyl sites for hydroxylation is 2. The van der Waals surface area contributed by atoms with Crippen LogP contribution in [0.5, 0.6) is 0 Å². The third-order valence-corrected chi connectivity index (χ3v) is 8.44. The minimum atomic E-state index is -0.551. The summed E-state index contributed by atoms with van der Waals surface area (Å²) in [7, 11) is 1.90. The molecular weight excluding hydrogens is 532 g/mol. The molecule has 0 fully saturated rings. The second-order valence-corrected chi connectivity index (χ2v) is 12.7. The number of carbonyl (C=O) groups is 1. The maximum absolute atomic E-state index is 12.8. The molecule has 206 valence electrons. The number of amides is 1. The van der Waals surface area contributed by atoms with Gasteiger partial charge in [-0.1, -0.05) is 13.0 Å². The summed E-state index contributed by atoms with van der Waals surface area (Å²) in [4.78, 5) is 24.3. The third kappa shape index (κ3) is 6.13. The molecule has 0 unspecified atom stereocenters. The smallest absolute Gasteiger partial charge is 0.410 e. The van der Waals surface area contributed by atoms with Gasteiger partial charge in [-0.3, -0.25) is 13.8 Å². The summed E-state index contributed by atoms with van der Waals surface area (Å²) < 4.78 is 14.0. The van der Waals surface area contributed by atoms with Gasteiger partial charge in [-0.05, 0) is 63.3 Å². The number of hydrogen-bond donors (Lipinski definition) is 2. The van der Waals surface area contributed by atoms with Gasteiger partial charge in [0.1, 0.15) is 5.60 Å². The molecule has 5 rings (SSSR count). The van der Waals surface area contributed by atoms with Crippen LogP contribution in [-0.2, 0) is 11.8 Å². The molecule has 39 heavy (non-hydrogen) atoms. The molecule has 1 amide bonds. The van der Waals surface area contributed by atoms with Gasteiger partial charge in [-0.25, -0.2) is 14.8 Å². The first-order valence-corrected chi connectivity index (χ1v) is 14.6. The highest BCUT2D eigenvalue weighted by molar-refractivity contribution is 7.99. The quantitative estimate of drug-likeness (QED) is 0.267. The van der Waals surface area contributed by atoms with Crippen molar-refractivity contribution in [3.05, 3.63) is 48.2 Å². The molecule has 0 atom stereocenters. The summed E-state index contributed by atoms with van der Waals surface area (Å²) >= 11 is 3.31. The van der Waals surface area contributed by atoms with E-state index in [1.54, 1.807) is 32.9 Å². The highest BCUT2D eigenvalue weighted by Gasteiger charge is 2.26. The molecule has 2 N–H and O–H groups in total. The minimum Gasteiger partial charge on any atom is -0.444 e. The van der Waals surface area contributed by atoms with Gasteiger partial charge in [0.15, 0.2) is 11.5 Å². The van der Waals surface area contributed by atoms with Crippen LogP contribution in [0, 0.1) is 6.92 Å². The van der Waals surface area contributed by atoms with Crippen LogP contribution < -0.4 is 10.0 Å². The molecule has 0 radical (unpaired) electrons. The summed E-state index contributed by atoms with van der Waals surface area (Å²) in [6.45, 7) is 11.8. The van der Waals surface area contributed by atoms with Crippen molar-refractivity contribution in [3.63, 3.8) is 0 Å². The van der Waals surface area contributed by atoms with Gasteiger partial charge < -0.3 is 15.0 Å². The van der Waals surface area contributed by atoms with E-state index in [0.717, 1.165) is 40.5 Å². The van der Waals surface area contributed by atoms with Crippen LogP contribution in [0.2, 0.25) is 0 Å². The van der Waals surface area contributed by atoms with E-state index in [2.05, 4.69) is 41.1 Å². The summed E-state index contributed by atoms with van der Waals surface area (Å²) in [5.41, 5.74) is 4.97. The van der Waals surface area contributed by atoms with Crippen LogP contribution in [0.1, 0.15) is 45.4 Å². The first kappa shape index (κ1) is 27.2. The predicted molar refractivity (Wildman–Crippen MR) is 157 cm³/mol. The molecular formula is C27H34N8O2S2. The zero-order valence-corrected chi connectivity index (χ0v) is 24.7. The Morgan fingerprint density at radius 3 is 2.79 bits per heavy atom. The Hall–Kier alpha value is -3.35. The van der Waals surface area contributed by atoms with Crippen molar-refractivity contribution >= 4 is 51.4 Å². The fraction of sp³-hybridized carbons (Fsp3) is 0.407. The highest BCUT2D eigenvalue weighted by Crippen LogP contribution is 2.36. The molecule has 0 saturated heterocycles. The normalized spacial score (nSPS) is 14.1. The van der Waals surface area contributed by atoms with E-state index in [1.165, 1.54) is 9.77 Å². The van der Waals surface area contributed by atoms with E-state index >= 15 is 0 Å². The van der Waals surface area contributed by atoms with Gasteiger partial charge in [0.05, 0.1) is 39.5 Å². The number of nitrogens with zero attached hydrogens (tertiary/aromatic N) is 6. The van der Waals surface area contributed by atoms with Gasteiger partial charge in [-0.15, -0.1) is 11.3 Å². The lowest BCUT2D eigenvalue weighted by atomic mass is 10.1. The number of carbonyl (C=O) groups excluding carboxylic acids is 1. The minimum absolute atomic E-state index is 0.314. The van der Waals surface area contributed by atoms with E-state index < -0.39 is 5.60 Å². The molecule has 0 aromatic carbocycles. The van der Waals surface area contributed by atoms with E-state index in [-0.39, 0.29) is 6.09 Å². The first-order chi connectivity index (χ1) is 18.6. The van der Waals surface area contributed by atoms with Gasteiger partial charge in [0.2, 0.25) is 0 Å². The maximum atomic E-state index is 12.8. The topological polar surface area (TPSA) is 102 Å². The molecule has 1 aliphatic rings. The zero-order valence-electron chi connectivity index (χ0n) is 23.1. The van der Waals surface area contributed by atoms with E-state index in [0.29, 0.717) is 24.6 Å². The first-order valence-electron chi connectivity index (χ1n) is 12.9.